The van der Waals surface area contributed by atoms with Crippen LogP contribution >= 0.6 is 11.3 Å². The highest BCUT2D eigenvalue weighted by Gasteiger charge is 2.30. The van der Waals surface area contributed by atoms with Gasteiger partial charge in [-0.1, -0.05) is 31.2 Å². The fourth-order valence-corrected chi connectivity index (χ4v) is 5.43. The molecule has 196 valence electrons. The molecule has 1 amide bonds. The van der Waals surface area contributed by atoms with E-state index in [9.17, 15) is 18.0 Å². The molecule has 0 aliphatic carbocycles. The molecule has 0 N–H and O–H groups in total. The predicted octanol–water partition coefficient (Wildman–Crippen LogP) is 5.97. The largest absolute Gasteiger partial charge is 0.454 e. The van der Waals surface area contributed by atoms with Gasteiger partial charge in [-0.15, -0.1) is 11.3 Å². The summed E-state index contributed by atoms with van der Waals surface area (Å²) in [5, 5.41) is 2.51. The molecular weight excluding hydrogens is 503 g/mol. The molecule has 1 fully saturated rings. The normalized spacial score (nSPS) is 16.0. The molecule has 2 aliphatic rings. The van der Waals surface area contributed by atoms with Crippen LogP contribution in [0.3, 0.4) is 0 Å². The summed E-state index contributed by atoms with van der Waals surface area (Å²) < 4.78 is 50.8. The minimum atomic E-state index is -4.41. The third-order valence-electron chi connectivity index (χ3n) is 6.70. The maximum Gasteiger partial charge on any atom is 0.416 e. The van der Waals surface area contributed by atoms with Crippen molar-refractivity contribution in [3.8, 4) is 11.5 Å². The van der Waals surface area contributed by atoms with Crippen molar-refractivity contribution in [3.63, 3.8) is 0 Å². The van der Waals surface area contributed by atoms with Gasteiger partial charge in [0.05, 0.1) is 12.1 Å². The van der Waals surface area contributed by atoms with Crippen LogP contribution in [0.1, 0.15) is 52.0 Å². The first kappa shape index (κ1) is 25.5. The number of carbonyl (C=O) groups is 1. The molecule has 0 saturated carbocycles. The van der Waals surface area contributed by atoms with Crippen LogP contribution in [-0.4, -0.2) is 40.6 Å². The molecule has 0 bridgehead atoms. The zero-order valence-electron chi connectivity index (χ0n) is 20.5. The summed E-state index contributed by atoms with van der Waals surface area (Å²) in [6.07, 6.45) is -2.43. The first-order valence-electron chi connectivity index (χ1n) is 12.3. The molecule has 1 saturated heterocycles. The van der Waals surface area contributed by atoms with Gasteiger partial charge in [-0.3, -0.25) is 9.69 Å². The van der Waals surface area contributed by atoms with Gasteiger partial charge < -0.3 is 14.4 Å². The summed E-state index contributed by atoms with van der Waals surface area (Å²) in [5.74, 6) is 1.88. The van der Waals surface area contributed by atoms with Crippen molar-refractivity contribution in [1.29, 1.82) is 0 Å². The number of halogens is 3. The molecule has 0 unspecified atom stereocenters. The molecular formula is C27H28F3N3O3S. The van der Waals surface area contributed by atoms with Gasteiger partial charge in [-0.2, -0.15) is 13.2 Å². The number of piperidine rings is 1. The SMILES string of the molecule is CC1CCN(C(=O)c2csc(CN(Cc3cccc(C(F)(F)F)c3)Cc3ccc4c(c3)OCO4)n2)CC1. The van der Waals surface area contributed by atoms with Gasteiger partial charge in [-0.25, -0.2) is 4.98 Å². The fraction of sp³-hybridized carbons (Fsp3) is 0.407. The smallest absolute Gasteiger partial charge is 0.416 e. The fourth-order valence-electron chi connectivity index (χ4n) is 4.62. The maximum atomic E-state index is 13.3. The Morgan fingerprint density at radius 3 is 2.54 bits per heavy atom. The molecule has 5 rings (SSSR count). The van der Waals surface area contributed by atoms with Crippen LogP contribution < -0.4 is 9.47 Å². The number of fused-ring (bicyclic) bond motifs is 1. The van der Waals surface area contributed by atoms with Crippen molar-refractivity contribution in [1.82, 2.24) is 14.8 Å². The Balaban J connectivity index is 1.34. The summed E-state index contributed by atoms with van der Waals surface area (Å²) in [7, 11) is 0. The third-order valence-corrected chi connectivity index (χ3v) is 7.54. The van der Waals surface area contributed by atoms with Crippen LogP contribution in [0.15, 0.2) is 47.8 Å². The van der Waals surface area contributed by atoms with E-state index in [1.807, 2.05) is 28.0 Å². The highest BCUT2D eigenvalue weighted by atomic mass is 32.1. The van der Waals surface area contributed by atoms with Gasteiger partial charge in [0.2, 0.25) is 6.79 Å². The van der Waals surface area contributed by atoms with Crippen molar-refractivity contribution in [2.45, 2.75) is 45.6 Å². The van der Waals surface area contributed by atoms with E-state index in [1.54, 1.807) is 11.4 Å². The van der Waals surface area contributed by atoms with Crippen molar-refractivity contribution in [2.24, 2.45) is 5.92 Å². The molecule has 6 nitrogen and oxygen atoms in total. The quantitative estimate of drug-likeness (QED) is 0.376. The van der Waals surface area contributed by atoms with Crippen LogP contribution in [0.2, 0.25) is 0 Å². The number of hydrogen-bond acceptors (Lipinski definition) is 6. The van der Waals surface area contributed by atoms with Crippen LogP contribution in [0.5, 0.6) is 11.5 Å². The Hall–Kier alpha value is -3.11. The summed E-state index contributed by atoms with van der Waals surface area (Å²) in [5.41, 5.74) is 1.24. The van der Waals surface area contributed by atoms with Crippen LogP contribution in [0.4, 0.5) is 13.2 Å². The molecule has 37 heavy (non-hydrogen) atoms. The third kappa shape index (κ3) is 6.24. The van der Waals surface area contributed by atoms with Crippen molar-refractivity contribution < 1.29 is 27.4 Å². The molecule has 1 aromatic heterocycles. The molecule has 3 heterocycles. The standard InChI is InChI=1S/C27H28F3N3O3S/c1-18-7-9-33(10-8-18)26(34)22-16-37-25(31-22)15-32(13-19-3-2-4-21(11-19)27(28,29)30)14-20-5-6-23-24(12-20)36-17-35-23/h2-6,11-12,16,18H,7-10,13-15,17H2,1H3. The molecule has 0 atom stereocenters. The number of ether oxygens (including phenoxy) is 2. The van der Waals surface area contributed by atoms with E-state index in [4.69, 9.17) is 9.47 Å². The second-order valence-electron chi connectivity index (χ2n) is 9.63. The van der Waals surface area contributed by atoms with E-state index in [-0.39, 0.29) is 19.2 Å². The van der Waals surface area contributed by atoms with E-state index in [1.165, 1.54) is 23.5 Å². The lowest BCUT2D eigenvalue weighted by atomic mass is 9.99. The Labute approximate surface area is 217 Å². The maximum absolute atomic E-state index is 13.3. The number of thiazole rings is 1. The van der Waals surface area contributed by atoms with Crippen LogP contribution in [-0.2, 0) is 25.8 Å². The summed E-state index contributed by atoms with van der Waals surface area (Å²) in [6, 6.07) is 11.0. The number of aromatic nitrogens is 1. The monoisotopic (exact) mass is 531 g/mol. The highest BCUT2D eigenvalue weighted by molar-refractivity contribution is 7.09. The van der Waals surface area contributed by atoms with E-state index >= 15 is 0 Å². The number of amides is 1. The number of hydrogen-bond donors (Lipinski definition) is 0. The lowest BCUT2D eigenvalue weighted by Gasteiger charge is -2.29. The summed E-state index contributed by atoms with van der Waals surface area (Å²) in [4.78, 5) is 21.4. The van der Waals surface area contributed by atoms with E-state index < -0.39 is 11.7 Å². The topological polar surface area (TPSA) is 54.9 Å². The first-order chi connectivity index (χ1) is 17.7. The lowest BCUT2D eigenvalue weighted by Crippen LogP contribution is -2.38. The van der Waals surface area contributed by atoms with Crippen molar-refractivity contribution in [3.05, 3.63) is 75.2 Å². The van der Waals surface area contributed by atoms with Crippen LogP contribution in [0.25, 0.3) is 0 Å². The lowest BCUT2D eigenvalue weighted by molar-refractivity contribution is -0.137. The minimum absolute atomic E-state index is 0.0606. The highest BCUT2D eigenvalue weighted by Crippen LogP contribution is 2.34. The van der Waals surface area contributed by atoms with Gasteiger partial charge in [0.15, 0.2) is 11.5 Å². The molecule has 2 aliphatic heterocycles. The molecule has 0 spiro atoms. The Bertz CT molecular complexity index is 1250. The molecule has 2 aromatic carbocycles. The minimum Gasteiger partial charge on any atom is -0.454 e. The zero-order valence-corrected chi connectivity index (χ0v) is 21.3. The average Bonchev–Trinajstić information content (AvgIpc) is 3.53. The number of alkyl halides is 3. The Morgan fingerprint density at radius 2 is 1.78 bits per heavy atom. The van der Waals surface area contributed by atoms with Gasteiger partial charge in [0.25, 0.3) is 5.91 Å². The Kier molecular flexibility index (Phi) is 7.39. The summed E-state index contributed by atoms with van der Waals surface area (Å²) >= 11 is 1.39. The van der Waals surface area contributed by atoms with E-state index in [2.05, 4.69) is 11.9 Å². The average molecular weight is 532 g/mol. The second kappa shape index (κ2) is 10.7. The predicted molar refractivity (Wildman–Crippen MR) is 133 cm³/mol. The number of nitrogens with zero attached hydrogens (tertiary/aromatic N) is 3. The van der Waals surface area contributed by atoms with Gasteiger partial charge >= 0.3 is 6.18 Å². The van der Waals surface area contributed by atoms with E-state index in [0.717, 1.165) is 42.6 Å². The molecule has 0 radical (unpaired) electrons. The van der Waals surface area contributed by atoms with Gasteiger partial charge in [-0.05, 0) is 48.1 Å². The second-order valence-corrected chi connectivity index (χ2v) is 10.6. The number of benzene rings is 2. The van der Waals surface area contributed by atoms with Gasteiger partial charge in [0, 0.05) is 31.6 Å². The number of rotatable bonds is 7. The van der Waals surface area contributed by atoms with Crippen molar-refractivity contribution >= 4 is 17.2 Å². The number of likely N-dealkylation sites (tertiary alicyclic amines) is 1. The first-order valence-corrected chi connectivity index (χ1v) is 13.1. The number of carbonyl (C=O) groups excluding carboxylic acids is 1. The molecule has 3 aromatic rings. The van der Waals surface area contributed by atoms with Gasteiger partial charge in [0.1, 0.15) is 10.7 Å². The summed E-state index contributed by atoms with van der Waals surface area (Å²) in [6.45, 7) is 4.96. The zero-order chi connectivity index (χ0) is 26.0. The molecule has 10 heteroatoms. The van der Waals surface area contributed by atoms with Crippen molar-refractivity contribution in [2.75, 3.05) is 19.9 Å². The Morgan fingerprint density at radius 1 is 1.05 bits per heavy atom. The van der Waals surface area contributed by atoms with Crippen LogP contribution in [0, 0.1) is 5.92 Å². The van der Waals surface area contributed by atoms with E-state index in [0.29, 0.717) is 41.8 Å².